The molecule has 90 heavy (non-hydrogen) atoms. The molecule has 1 aliphatic carbocycles. The highest BCUT2D eigenvalue weighted by Crippen LogP contribution is 2.56. The summed E-state index contributed by atoms with van der Waals surface area (Å²) in [6.07, 6.45) is 11.5. The summed E-state index contributed by atoms with van der Waals surface area (Å²) in [4.78, 5) is 99.2. The van der Waals surface area contributed by atoms with Crippen LogP contribution in [0.15, 0.2) is 146 Å². The number of carbonyl (C=O) groups is 6. The van der Waals surface area contributed by atoms with Crippen molar-refractivity contribution in [2.45, 2.75) is 231 Å². The first kappa shape index (κ1) is 70.1. The monoisotopic (exact) mass is 1220 g/mol. The van der Waals surface area contributed by atoms with Crippen LogP contribution in [0.3, 0.4) is 0 Å². The summed E-state index contributed by atoms with van der Waals surface area (Å²) in [6.45, 7) is 12.5. The highest BCUT2D eigenvalue weighted by molar-refractivity contribution is 6.21. The molecular weight excluding hydrogens is 1130 g/mol. The Morgan fingerprint density at radius 1 is 0.289 bits per heavy atom. The van der Waals surface area contributed by atoms with Gasteiger partial charge in [0, 0.05) is 16.7 Å². The number of hydrogen-bond donors (Lipinski definition) is 3. The average Bonchev–Trinajstić information content (AvgIpc) is 0.673. The Kier molecular flexibility index (Phi) is 26.6. The molecule has 6 aromatic carbocycles. The first-order valence-electron chi connectivity index (χ1n) is 33.5. The van der Waals surface area contributed by atoms with E-state index in [2.05, 4.69) is 41.5 Å². The molecule has 0 saturated heterocycles. The van der Waals surface area contributed by atoms with Gasteiger partial charge in [0.15, 0.2) is 0 Å². The van der Waals surface area contributed by atoms with Crippen molar-refractivity contribution in [1.82, 2.24) is 0 Å². The van der Waals surface area contributed by atoms with Gasteiger partial charge in [0.05, 0.1) is 16.7 Å². The number of aryl methyl sites for hydroxylation is 6. The average molecular weight is 1230 g/mol. The zero-order valence-electron chi connectivity index (χ0n) is 54.1. The van der Waals surface area contributed by atoms with Gasteiger partial charge in [0.2, 0.25) is 17.3 Å². The van der Waals surface area contributed by atoms with Crippen LogP contribution < -0.4 is 0 Å². The summed E-state index contributed by atoms with van der Waals surface area (Å²) >= 11 is 0. The fraction of sp³-hybridized carbons (Fsp3) is 0.462. The molecule has 0 aliphatic heterocycles. The molecule has 480 valence electrons. The van der Waals surface area contributed by atoms with Gasteiger partial charge in [-0.25, -0.2) is 14.4 Å². The summed E-state index contributed by atoms with van der Waals surface area (Å²) < 4.78 is 20.4. The minimum atomic E-state index is -4.00. The van der Waals surface area contributed by atoms with E-state index in [1.165, 1.54) is 72.8 Å². The molecule has 6 atom stereocenters. The predicted molar refractivity (Wildman–Crippen MR) is 353 cm³/mol. The van der Waals surface area contributed by atoms with Crippen LogP contribution in [0.1, 0.15) is 253 Å². The second-order valence-electron chi connectivity index (χ2n) is 24.6. The van der Waals surface area contributed by atoms with Crippen LogP contribution in [0, 0.1) is 0 Å². The number of rotatable bonds is 36. The zero-order valence-corrected chi connectivity index (χ0v) is 54.1. The van der Waals surface area contributed by atoms with E-state index in [1.807, 2.05) is 0 Å². The quantitative estimate of drug-likeness (QED) is 0.0146. The topological polar surface area (TPSA) is 191 Å². The first-order chi connectivity index (χ1) is 43.6. The maximum atomic E-state index is 17.5. The van der Waals surface area contributed by atoms with Gasteiger partial charge in [-0.05, 0) is 147 Å². The molecule has 6 aromatic rings. The molecule has 1 aliphatic rings. The molecule has 12 heteroatoms. The lowest BCUT2D eigenvalue weighted by Crippen LogP contribution is -2.91. The molecule has 2 unspecified atom stereocenters. The summed E-state index contributed by atoms with van der Waals surface area (Å²) in [7, 11) is 0. The Labute approximate surface area is 534 Å². The Bertz CT molecular complexity index is 3110. The molecule has 0 aromatic heterocycles. The van der Waals surface area contributed by atoms with E-state index in [0.717, 1.165) is 149 Å². The molecule has 1 saturated carbocycles. The van der Waals surface area contributed by atoms with E-state index in [9.17, 15) is 15.3 Å². The number of hydrogen-bond acceptors (Lipinski definition) is 12. The summed E-state index contributed by atoms with van der Waals surface area (Å²) in [6, 6.07) is 37.3. The highest BCUT2D eigenvalue weighted by Gasteiger charge is 2.88. The molecule has 0 spiro atoms. The van der Waals surface area contributed by atoms with Gasteiger partial charge in [-0.1, -0.05) is 228 Å². The molecule has 3 N–H and O–H groups in total. The number of ketones is 3. The highest BCUT2D eigenvalue weighted by atomic mass is 16.7. The lowest BCUT2D eigenvalue weighted by molar-refractivity contribution is -0.293. The number of carbonyl (C=O) groups excluding carboxylic acids is 6. The maximum Gasteiger partial charge on any atom is 0.339 e. The minimum Gasteiger partial charge on any atom is -0.439 e. The van der Waals surface area contributed by atoms with Gasteiger partial charge in [0.25, 0.3) is 16.8 Å². The van der Waals surface area contributed by atoms with Crippen molar-refractivity contribution in [2.75, 3.05) is 0 Å². The lowest BCUT2D eigenvalue weighted by Gasteiger charge is -2.60. The van der Waals surface area contributed by atoms with Crippen molar-refractivity contribution in [3.8, 4) is 0 Å². The number of unbranched alkanes of at least 4 members (excludes halogenated alkanes) is 12. The first-order valence-corrected chi connectivity index (χ1v) is 33.5. The van der Waals surface area contributed by atoms with Crippen LogP contribution in [-0.4, -0.2) is 85.7 Å². The number of ether oxygens (including phenoxy) is 3. The number of aliphatic hydroxyl groups excluding tert-OH is 3. The van der Waals surface area contributed by atoms with Crippen LogP contribution in [0.4, 0.5) is 0 Å². The molecule has 0 bridgehead atoms. The van der Waals surface area contributed by atoms with Crippen molar-refractivity contribution in [2.24, 2.45) is 0 Å². The standard InChI is InChI=1S/C78H96O12/c1-7-13-19-25-55-31-43-61(44-32-55)68(80)76(88-73(85)64-49-37-58(38-50-64)28-22-16-10-4)71(83)67(79)72(84)77(69(81)62-45-33-56(34-46-62)26-20-14-8-2,89-74(86)65-51-39-59(40-52-65)29-23-17-11-5)78(76,70(82)63-47-35-57(36-48-63)27-21-15-9-3)90-75(87)66-53-41-60(42-54-66)30-24-18-12-6/h31-54,67,71-72,79,83-84H,7-30H2,1-6H3/t67?,71-,72+,76+,77-,78?. The number of benzene rings is 6. The lowest BCUT2D eigenvalue weighted by atomic mass is 9.52. The van der Waals surface area contributed by atoms with Gasteiger partial charge in [-0.15, -0.1) is 0 Å². The predicted octanol–water partition coefficient (Wildman–Crippen LogP) is 15.9. The summed E-state index contributed by atoms with van der Waals surface area (Å²) in [5.74, 6) is -8.45. The van der Waals surface area contributed by atoms with Crippen LogP contribution in [0.25, 0.3) is 0 Å². The normalized spacial score (nSPS) is 19.6. The van der Waals surface area contributed by atoms with Gasteiger partial charge >= 0.3 is 17.9 Å². The third-order valence-electron chi connectivity index (χ3n) is 17.9. The van der Waals surface area contributed by atoms with Crippen molar-refractivity contribution < 1.29 is 58.3 Å². The summed E-state index contributed by atoms with van der Waals surface area (Å²) in [5.41, 5.74) is -8.30. The van der Waals surface area contributed by atoms with Crippen LogP contribution >= 0.6 is 0 Å². The van der Waals surface area contributed by atoms with Gasteiger partial charge in [0.1, 0.15) is 18.3 Å². The van der Waals surface area contributed by atoms with Crippen LogP contribution in [-0.2, 0) is 52.7 Å². The number of aliphatic hydroxyl groups is 3. The molecule has 0 amide bonds. The number of Topliss-reactive ketones (excluding diaryl/α,β-unsaturated/α-hetero) is 3. The van der Waals surface area contributed by atoms with Crippen molar-refractivity contribution in [3.63, 3.8) is 0 Å². The Hall–Kier alpha value is -7.38. The second kappa shape index (κ2) is 34.2. The van der Waals surface area contributed by atoms with Crippen molar-refractivity contribution >= 4 is 35.3 Å². The van der Waals surface area contributed by atoms with E-state index in [0.29, 0.717) is 38.5 Å². The molecule has 12 nitrogen and oxygen atoms in total. The van der Waals surface area contributed by atoms with Gasteiger partial charge in [-0.3, -0.25) is 14.4 Å². The SMILES string of the molecule is CCCCCc1ccc(C(=O)OC2(C(=O)c3ccc(CCCCC)cc3)[C@@](OC(=O)c3ccc(CCCCC)cc3)(C(=O)c3ccc(CCCCC)cc3)[C@@H](O)C(O)[C@@H](O)[C@@]2(OC(=O)c2ccc(CCCCC)cc2)C(=O)c2ccc(CCCCC)cc2)cc1. The molecular formula is C78H96O12. The Balaban J connectivity index is 1.65. The van der Waals surface area contributed by atoms with E-state index in [-0.39, 0.29) is 33.4 Å². The van der Waals surface area contributed by atoms with Crippen LogP contribution in [0.2, 0.25) is 0 Å². The fourth-order valence-electron chi connectivity index (χ4n) is 12.4. The molecule has 7 rings (SSSR count). The zero-order chi connectivity index (χ0) is 64.7. The fourth-order valence-corrected chi connectivity index (χ4v) is 12.4. The Morgan fingerprint density at radius 3 is 0.711 bits per heavy atom. The van der Waals surface area contributed by atoms with Gasteiger partial charge < -0.3 is 29.5 Å². The van der Waals surface area contributed by atoms with Crippen LogP contribution in [0.5, 0.6) is 0 Å². The van der Waals surface area contributed by atoms with Crippen molar-refractivity contribution in [1.29, 1.82) is 0 Å². The summed E-state index contributed by atoms with van der Waals surface area (Å²) in [5, 5.41) is 40.2. The molecule has 0 radical (unpaired) electrons. The third-order valence-corrected chi connectivity index (χ3v) is 17.9. The van der Waals surface area contributed by atoms with Crippen molar-refractivity contribution in [3.05, 3.63) is 212 Å². The largest absolute Gasteiger partial charge is 0.439 e. The van der Waals surface area contributed by atoms with E-state index >= 15 is 28.8 Å². The maximum absolute atomic E-state index is 17.5. The molecule has 0 heterocycles. The van der Waals surface area contributed by atoms with E-state index in [4.69, 9.17) is 14.2 Å². The molecule has 1 fully saturated rings. The smallest absolute Gasteiger partial charge is 0.339 e. The minimum absolute atomic E-state index is 0.199. The van der Waals surface area contributed by atoms with Gasteiger partial charge in [-0.2, -0.15) is 0 Å². The Morgan fingerprint density at radius 2 is 0.489 bits per heavy atom. The number of esters is 3. The van der Waals surface area contributed by atoms with E-state index < -0.39 is 70.4 Å². The third kappa shape index (κ3) is 16.2. The van der Waals surface area contributed by atoms with E-state index in [1.54, 1.807) is 72.8 Å². The second-order valence-corrected chi connectivity index (χ2v) is 24.6.